The Hall–Kier alpha value is -2.50. The summed E-state index contributed by atoms with van der Waals surface area (Å²) in [6.45, 7) is 6.68. The minimum atomic E-state index is -0.478. The quantitative estimate of drug-likeness (QED) is 0.640. The average molecular weight is 427 g/mol. The van der Waals surface area contributed by atoms with Crippen molar-refractivity contribution in [3.63, 3.8) is 0 Å². The number of allylic oxidation sites excluding steroid dienone is 5. The summed E-state index contributed by atoms with van der Waals surface area (Å²) in [6, 6.07) is 0. The zero-order chi connectivity index (χ0) is 22.6. The molecule has 0 radical (unpaired) electrons. The number of hydrogen-bond donors (Lipinski definition) is 0. The van der Waals surface area contributed by atoms with Crippen LogP contribution in [0.3, 0.4) is 0 Å². The van der Waals surface area contributed by atoms with E-state index in [-0.39, 0.29) is 53.4 Å². The summed E-state index contributed by atoms with van der Waals surface area (Å²) in [5, 5.41) is 0. The van der Waals surface area contributed by atoms with Gasteiger partial charge < -0.3 is 9.47 Å². The highest BCUT2D eigenvalue weighted by atomic mass is 16.5. The molecule has 166 valence electrons. The molecular weight excluding hydrogens is 396 g/mol. The maximum atomic E-state index is 12.9. The van der Waals surface area contributed by atoms with E-state index in [4.69, 9.17) is 9.47 Å². The van der Waals surface area contributed by atoms with Crippen LogP contribution in [0, 0.1) is 28.6 Å². The predicted molar refractivity (Wildman–Crippen MR) is 113 cm³/mol. The van der Waals surface area contributed by atoms with E-state index in [1.807, 2.05) is 12.2 Å². The molecule has 0 bridgehead atoms. The number of fused-ring (bicyclic) bond motifs is 5. The molecule has 31 heavy (non-hydrogen) atoms. The molecule has 0 N–H and O–H groups in total. The van der Waals surface area contributed by atoms with Gasteiger partial charge in [-0.1, -0.05) is 31.6 Å². The van der Waals surface area contributed by atoms with Gasteiger partial charge in [0.2, 0.25) is 0 Å². The lowest BCUT2D eigenvalue weighted by Gasteiger charge is -2.58. The third-order valence-corrected chi connectivity index (χ3v) is 8.08. The molecule has 0 unspecified atom stereocenters. The van der Waals surface area contributed by atoms with Crippen LogP contribution in [0.2, 0.25) is 0 Å². The van der Waals surface area contributed by atoms with Crippen LogP contribution in [0.5, 0.6) is 0 Å². The van der Waals surface area contributed by atoms with E-state index in [1.165, 1.54) is 13.8 Å². The maximum absolute atomic E-state index is 12.9. The maximum Gasteiger partial charge on any atom is 0.303 e. The van der Waals surface area contributed by atoms with E-state index < -0.39 is 11.4 Å². The molecule has 6 nitrogen and oxygen atoms in total. The first kappa shape index (κ1) is 21.7. The molecule has 4 rings (SSSR count). The van der Waals surface area contributed by atoms with Gasteiger partial charge in [0.1, 0.15) is 6.10 Å². The average Bonchev–Trinajstić information content (AvgIpc) is 3.02. The smallest absolute Gasteiger partial charge is 0.303 e. The monoisotopic (exact) mass is 426 g/mol. The van der Waals surface area contributed by atoms with Crippen molar-refractivity contribution in [1.82, 2.24) is 0 Å². The molecule has 4 aliphatic rings. The molecule has 2 fully saturated rings. The SMILES string of the molecule is CC(=O)OCC(=O)C1=CC[C@@H]2[C@H]3CCC4=CC(=O)C=C[C@]4(C)[C@@H]3[C@H](OC(C)=O)C[C@]12C. The second-order valence-corrected chi connectivity index (χ2v) is 9.85. The van der Waals surface area contributed by atoms with Crippen molar-refractivity contribution in [3.8, 4) is 0 Å². The predicted octanol–water partition coefficient (Wildman–Crippen LogP) is 3.50. The minimum absolute atomic E-state index is 0.0106. The Balaban J connectivity index is 1.70. The number of hydrogen-bond acceptors (Lipinski definition) is 6. The molecule has 4 aliphatic carbocycles. The van der Waals surface area contributed by atoms with Gasteiger partial charge in [-0.3, -0.25) is 19.2 Å². The summed E-state index contributed by atoms with van der Waals surface area (Å²) in [7, 11) is 0. The van der Waals surface area contributed by atoms with Gasteiger partial charge in [-0.05, 0) is 49.7 Å². The lowest BCUT2D eigenvalue weighted by atomic mass is 9.46. The van der Waals surface area contributed by atoms with Crippen molar-refractivity contribution in [2.45, 2.75) is 59.5 Å². The van der Waals surface area contributed by atoms with Crippen LogP contribution < -0.4 is 0 Å². The van der Waals surface area contributed by atoms with Crippen molar-refractivity contribution in [1.29, 1.82) is 0 Å². The Morgan fingerprint density at radius 3 is 2.58 bits per heavy atom. The van der Waals surface area contributed by atoms with Gasteiger partial charge in [-0.2, -0.15) is 0 Å². The molecule has 0 aromatic rings. The van der Waals surface area contributed by atoms with Crippen molar-refractivity contribution >= 4 is 23.5 Å². The Morgan fingerprint density at radius 1 is 1.16 bits per heavy atom. The molecule has 0 spiro atoms. The molecule has 0 amide bonds. The number of Topliss-reactive ketones (excluding diaryl/α,β-unsaturated/α-hetero) is 1. The topological polar surface area (TPSA) is 86.7 Å². The summed E-state index contributed by atoms with van der Waals surface area (Å²) >= 11 is 0. The highest BCUT2D eigenvalue weighted by Crippen LogP contribution is 2.65. The Morgan fingerprint density at radius 2 is 1.90 bits per heavy atom. The first-order valence-electron chi connectivity index (χ1n) is 11.0. The first-order chi connectivity index (χ1) is 14.6. The molecule has 6 atom stereocenters. The molecule has 0 saturated heterocycles. The number of ketones is 2. The minimum Gasteiger partial charge on any atom is -0.462 e. The Kier molecular flexibility index (Phi) is 5.31. The summed E-state index contributed by atoms with van der Waals surface area (Å²) in [5.41, 5.74) is 1.02. The number of esters is 2. The van der Waals surface area contributed by atoms with Crippen molar-refractivity contribution < 1.29 is 28.7 Å². The fourth-order valence-corrected chi connectivity index (χ4v) is 6.86. The largest absolute Gasteiger partial charge is 0.462 e. The highest BCUT2D eigenvalue weighted by Gasteiger charge is 2.61. The van der Waals surface area contributed by atoms with Gasteiger partial charge in [-0.25, -0.2) is 0 Å². The molecule has 0 aromatic carbocycles. The van der Waals surface area contributed by atoms with Crippen molar-refractivity contribution in [2.75, 3.05) is 6.61 Å². The van der Waals surface area contributed by atoms with Crippen LogP contribution in [0.4, 0.5) is 0 Å². The normalized spacial score (nSPS) is 38.3. The molecular formula is C25H30O6. The summed E-state index contributed by atoms with van der Waals surface area (Å²) in [4.78, 5) is 48.2. The van der Waals surface area contributed by atoms with E-state index in [9.17, 15) is 19.2 Å². The van der Waals surface area contributed by atoms with Gasteiger partial charge >= 0.3 is 11.9 Å². The zero-order valence-corrected chi connectivity index (χ0v) is 18.6. The first-order valence-corrected chi connectivity index (χ1v) is 11.0. The van der Waals surface area contributed by atoms with Crippen LogP contribution in [-0.2, 0) is 28.7 Å². The fourth-order valence-electron chi connectivity index (χ4n) is 6.86. The summed E-state index contributed by atoms with van der Waals surface area (Å²) in [5.74, 6) is -0.439. The Labute approximate surface area is 182 Å². The van der Waals surface area contributed by atoms with E-state index in [0.717, 1.165) is 24.8 Å². The lowest BCUT2D eigenvalue weighted by Crippen LogP contribution is -2.56. The molecule has 2 saturated carbocycles. The zero-order valence-electron chi connectivity index (χ0n) is 18.6. The summed E-state index contributed by atoms with van der Waals surface area (Å²) in [6.07, 6.45) is 10.0. The molecule has 0 aromatic heterocycles. The lowest BCUT2D eigenvalue weighted by molar-refractivity contribution is -0.167. The van der Waals surface area contributed by atoms with E-state index in [2.05, 4.69) is 13.8 Å². The van der Waals surface area contributed by atoms with Gasteiger partial charge in [0.15, 0.2) is 18.2 Å². The standard InChI is InChI=1S/C25H30O6/c1-14(26)30-13-21(29)20-8-7-19-18-6-5-16-11-17(28)9-10-24(16,3)23(18)22(31-15(2)27)12-25(19,20)4/h8-11,18-19,22-23H,5-7,12-13H2,1-4H3/t18-,19-,22-,23+,24+,25+/m1/s1. The van der Waals surface area contributed by atoms with Crippen LogP contribution >= 0.6 is 0 Å². The second-order valence-electron chi connectivity index (χ2n) is 9.85. The van der Waals surface area contributed by atoms with Crippen molar-refractivity contribution in [3.05, 3.63) is 35.5 Å². The van der Waals surface area contributed by atoms with Crippen LogP contribution in [0.15, 0.2) is 35.5 Å². The highest BCUT2D eigenvalue weighted by molar-refractivity contribution is 6.01. The summed E-state index contributed by atoms with van der Waals surface area (Å²) < 4.78 is 10.9. The van der Waals surface area contributed by atoms with Crippen LogP contribution in [-0.4, -0.2) is 36.2 Å². The number of rotatable bonds is 4. The third-order valence-electron chi connectivity index (χ3n) is 8.08. The van der Waals surface area contributed by atoms with Gasteiger partial charge in [0.25, 0.3) is 0 Å². The number of carbonyl (C=O) groups is 4. The Bertz CT molecular complexity index is 940. The molecule has 6 heteroatoms. The fraction of sp³-hybridized carbons (Fsp3) is 0.600. The van der Waals surface area contributed by atoms with Gasteiger partial charge in [0.05, 0.1) is 0 Å². The third kappa shape index (κ3) is 3.50. The van der Waals surface area contributed by atoms with Crippen LogP contribution in [0.25, 0.3) is 0 Å². The van der Waals surface area contributed by atoms with E-state index in [1.54, 1.807) is 12.2 Å². The number of ether oxygens (including phenoxy) is 2. The second kappa shape index (κ2) is 7.57. The van der Waals surface area contributed by atoms with Gasteiger partial charge in [-0.15, -0.1) is 0 Å². The van der Waals surface area contributed by atoms with E-state index >= 15 is 0 Å². The molecule has 0 heterocycles. The van der Waals surface area contributed by atoms with E-state index in [0.29, 0.717) is 12.0 Å². The molecule has 0 aliphatic heterocycles. The number of carbonyl (C=O) groups excluding carboxylic acids is 4. The van der Waals surface area contributed by atoms with Gasteiger partial charge in [0, 0.05) is 36.2 Å². The van der Waals surface area contributed by atoms with Crippen molar-refractivity contribution in [2.24, 2.45) is 28.6 Å². The van der Waals surface area contributed by atoms with Crippen LogP contribution in [0.1, 0.15) is 53.4 Å².